The maximum atomic E-state index is 5.36. The first-order chi connectivity index (χ1) is 8.40. The molecule has 1 heterocycles. The lowest BCUT2D eigenvalue weighted by Crippen LogP contribution is -2.23. The minimum atomic E-state index is 0.685. The lowest BCUT2D eigenvalue weighted by Gasteiger charge is -2.12. The summed E-state index contributed by atoms with van der Waals surface area (Å²) in [5.74, 6) is 0.685. The molecule has 0 spiro atoms. The summed E-state index contributed by atoms with van der Waals surface area (Å²) in [6.07, 6.45) is 1.19. The predicted octanol–water partition coefficient (Wildman–Crippen LogP) is 1.96. The van der Waals surface area contributed by atoms with Gasteiger partial charge in [0.2, 0.25) is 0 Å². The molecule has 1 aromatic rings. The summed E-state index contributed by atoms with van der Waals surface area (Å²) in [6, 6.07) is 8.42. The van der Waals surface area contributed by atoms with Crippen LogP contribution in [0.1, 0.15) is 17.5 Å². The maximum absolute atomic E-state index is 5.36. The quantitative estimate of drug-likeness (QED) is 0.817. The van der Waals surface area contributed by atoms with Crippen LogP contribution in [0, 0.1) is 5.92 Å². The smallest absolute Gasteiger partial charge is 0.0716 e. The fraction of sp³-hybridized carbons (Fsp3) is 0.571. The molecule has 0 amide bonds. The van der Waals surface area contributed by atoms with Gasteiger partial charge in [-0.25, -0.2) is 0 Å². The molecule has 1 atom stereocenters. The van der Waals surface area contributed by atoms with Crippen LogP contribution in [0.15, 0.2) is 24.3 Å². The summed E-state index contributed by atoms with van der Waals surface area (Å²) in [4.78, 5) is 0. The Morgan fingerprint density at radius 3 is 2.88 bits per heavy atom. The van der Waals surface area contributed by atoms with Crippen molar-refractivity contribution in [1.29, 1.82) is 0 Å². The molecule has 0 aromatic heterocycles. The Balaban J connectivity index is 1.80. The fourth-order valence-electron chi connectivity index (χ4n) is 2.18. The Hall–Kier alpha value is -0.900. The number of rotatable bonds is 6. The zero-order valence-electron chi connectivity index (χ0n) is 10.4. The predicted molar refractivity (Wildman–Crippen MR) is 67.8 cm³/mol. The Morgan fingerprint density at radius 1 is 1.35 bits per heavy atom. The molecule has 2 rings (SSSR count). The SMILES string of the molecule is COCc1ccccc1CNCC1CCOC1. The topological polar surface area (TPSA) is 30.5 Å². The van der Waals surface area contributed by atoms with Gasteiger partial charge in [0, 0.05) is 26.8 Å². The van der Waals surface area contributed by atoms with Gasteiger partial charge in [-0.15, -0.1) is 0 Å². The summed E-state index contributed by atoms with van der Waals surface area (Å²) in [5, 5.41) is 3.51. The zero-order chi connectivity index (χ0) is 11.9. The average Bonchev–Trinajstić information content (AvgIpc) is 2.85. The minimum absolute atomic E-state index is 0.685. The van der Waals surface area contributed by atoms with Crippen molar-refractivity contribution in [2.45, 2.75) is 19.6 Å². The molecule has 1 unspecified atom stereocenters. The highest BCUT2D eigenvalue weighted by Gasteiger charge is 2.14. The summed E-state index contributed by atoms with van der Waals surface area (Å²) in [6.45, 7) is 4.47. The van der Waals surface area contributed by atoms with Gasteiger partial charge in [0.25, 0.3) is 0 Å². The molecule has 1 aliphatic rings. The van der Waals surface area contributed by atoms with Crippen LogP contribution >= 0.6 is 0 Å². The summed E-state index contributed by atoms with van der Waals surface area (Å²) >= 11 is 0. The van der Waals surface area contributed by atoms with Crippen LogP contribution in [-0.4, -0.2) is 26.9 Å². The van der Waals surface area contributed by atoms with Crippen molar-refractivity contribution < 1.29 is 9.47 Å². The van der Waals surface area contributed by atoms with Crippen LogP contribution in [0.25, 0.3) is 0 Å². The Bertz CT molecular complexity index is 335. The maximum Gasteiger partial charge on any atom is 0.0716 e. The van der Waals surface area contributed by atoms with Crippen molar-refractivity contribution in [3.05, 3.63) is 35.4 Å². The van der Waals surface area contributed by atoms with Crippen LogP contribution in [0.2, 0.25) is 0 Å². The lowest BCUT2D eigenvalue weighted by molar-refractivity contribution is 0.183. The van der Waals surface area contributed by atoms with E-state index in [-0.39, 0.29) is 0 Å². The van der Waals surface area contributed by atoms with Gasteiger partial charge in [-0.3, -0.25) is 0 Å². The number of nitrogens with one attached hydrogen (secondary N) is 1. The summed E-state index contributed by atoms with van der Waals surface area (Å²) < 4.78 is 10.6. The molecule has 17 heavy (non-hydrogen) atoms. The zero-order valence-corrected chi connectivity index (χ0v) is 10.4. The first-order valence-electron chi connectivity index (χ1n) is 6.24. The van der Waals surface area contributed by atoms with Crippen LogP contribution in [0.3, 0.4) is 0 Å². The van der Waals surface area contributed by atoms with E-state index in [1.165, 1.54) is 17.5 Å². The van der Waals surface area contributed by atoms with Gasteiger partial charge in [-0.2, -0.15) is 0 Å². The summed E-state index contributed by atoms with van der Waals surface area (Å²) in [5.41, 5.74) is 2.60. The molecule has 3 nitrogen and oxygen atoms in total. The van der Waals surface area contributed by atoms with Crippen molar-refractivity contribution in [2.75, 3.05) is 26.9 Å². The van der Waals surface area contributed by atoms with Gasteiger partial charge in [-0.1, -0.05) is 24.3 Å². The van der Waals surface area contributed by atoms with E-state index >= 15 is 0 Å². The van der Waals surface area contributed by atoms with Crippen LogP contribution in [-0.2, 0) is 22.6 Å². The first-order valence-corrected chi connectivity index (χ1v) is 6.24. The standard InChI is InChI=1S/C14H21NO2/c1-16-11-14-5-3-2-4-13(14)9-15-8-12-6-7-17-10-12/h2-5,12,15H,6-11H2,1H3. The van der Waals surface area contributed by atoms with Gasteiger partial charge >= 0.3 is 0 Å². The molecule has 0 saturated carbocycles. The highest BCUT2D eigenvalue weighted by Crippen LogP contribution is 2.12. The highest BCUT2D eigenvalue weighted by atomic mass is 16.5. The number of hydrogen-bond donors (Lipinski definition) is 1. The van der Waals surface area contributed by atoms with E-state index in [2.05, 4.69) is 29.6 Å². The van der Waals surface area contributed by atoms with Gasteiger partial charge in [0.1, 0.15) is 0 Å². The second kappa shape index (κ2) is 6.74. The molecule has 94 valence electrons. The number of methoxy groups -OCH3 is 1. The Labute approximate surface area is 103 Å². The molecule has 0 radical (unpaired) electrons. The minimum Gasteiger partial charge on any atom is -0.381 e. The lowest BCUT2D eigenvalue weighted by atomic mass is 10.1. The Morgan fingerprint density at radius 2 is 2.18 bits per heavy atom. The molecule has 0 bridgehead atoms. The molecule has 1 fully saturated rings. The van der Waals surface area contributed by atoms with E-state index in [0.717, 1.165) is 26.3 Å². The van der Waals surface area contributed by atoms with Crippen molar-refractivity contribution in [3.8, 4) is 0 Å². The highest BCUT2D eigenvalue weighted by molar-refractivity contribution is 5.26. The molecule has 1 saturated heterocycles. The molecule has 0 aliphatic carbocycles. The van der Waals surface area contributed by atoms with Gasteiger partial charge in [0.05, 0.1) is 13.2 Å². The van der Waals surface area contributed by atoms with E-state index in [4.69, 9.17) is 9.47 Å². The molecule has 1 aliphatic heterocycles. The van der Waals surface area contributed by atoms with E-state index < -0.39 is 0 Å². The van der Waals surface area contributed by atoms with Crippen molar-refractivity contribution in [2.24, 2.45) is 5.92 Å². The van der Waals surface area contributed by atoms with Crippen molar-refractivity contribution in [3.63, 3.8) is 0 Å². The molecule has 3 heteroatoms. The molecular formula is C14H21NO2. The van der Waals surface area contributed by atoms with Crippen LogP contribution in [0.4, 0.5) is 0 Å². The van der Waals surface area contributed by atoms with Crippen LogP contribution < -0.4 is 5.32 Å². The average molecular weight is 235 g/mol. The van der Waals surface area contributed by atoms with Gasteiger partial charge in [0.15, 0.2) is 0 Å². The fourth-order valence-corrected chi connectivity index (χ4v) is 2.18. The normalized spacial score (nSPS) is 19.7. The van der Waals surface area contributed by atoms with E-state index in [9.17, 15) is 0 Å². The molecule has 1 N–H and O–H groups in total. The number of hydrogen-bond acceptors (Lipinski definition) is 3. The first kappa shape index (κ1) is 12.6. The van der Waals surface area contributed by atoms with Crippen LogP contribution in [0.5, 0.6) is 0 Å². The second-order valence-corrected chi connectivity index (χ2v) is 4.56. The third kappa shape index (κ3) is 3.80. The molecule has 1 aromatic carbocycles. The number of benzene rings is 1. The second-order valence-electron chi connectivity index (χ2n) is 4.56. The third-order valence-corrected chi connectivity index (χ3v) is 3.19. The van der Waals surface area contributed by atoms with E-state index in [0.29, 0.717) is 12.5 Å². The monoisotopic (exact) mass is 235 g/mol. The largest absolute Gasteiger partial charge is 0.381 e. The van der Waals surface area contributed by atoms with E-state index in [1.54, 1.807) is 7.11 Å². The molecular weight excluding hydrogens is 214 g/mol. The summed E-state index contributed by atoms with van der Waals surface area (Å²) in [7, 11) is 1.74. The van der Waals surface area contributed by atoms with Gasteiger partial charge < -0.3 is 14.8 Å². The van der Waals surface area contributed by atoms with Crippen molar-refractivity contribution >= 4 is 0 Å². The van der Waals surface area contributed by atoms with Crippen molar-refractivity contribution in [1.82, 2.24) is 5.32 Å². The Kier molecular flexibility index (Phi) is 4.98. The number of ether oxygens (including phenoxy) is 2. The van der Waals surface area contributed by atoms with E-state index in [1.807, 2.05) is 0 Å². The third-order valence-electron chi connectivity index (χ3n) is 3.19. The van der Waals surface area contributed by atoms with Gasteiger partial charge in [-0.05, 0) is 23.5 Å².